The summed E-state index contributed by atoms with van der Waals surface area (Å²) in [6.07, 6.45) is 1.77. The number of hydrazone groups is 1. The van der Waals surface area contributed by atoms with Crippen molar-refractivity contribution in [3.05, 3.63) is 82.3 Å². The topological polar surface area (TPSA) is 83.7 Å². The van der Waals surface area contributed by atoms with Gasteiger partial charge in [0.25, 0.3) is 11.8 Å². The molecule has 0 N–H and O–H groups in total. The van der Waals surface area contributed by atoms with Gasteiger partial charge in [-0.2, -0.15) is 10.1 Å². The zero-order chi connectivity index (χ0) is 26.6. The summed E-state index contributed by atoms with van der Waals surface area (Å²) in [4.78, 5) is 38.4. The van der Waals surface area contributed by atoms with Gasteiger partial charge in [0.1, 0.15) is 12.1 Å². The molecule has 6 rings (SSSR count). The Balaban J connectivity index is 1.36. The molecule has 0 atom stereocenters. The molecule has 38 heavy (non-hydrogen) atoms. The minimum atomic E-state index is -0.447. The van der Waals surface area contributed by atoms with E-state index in [0.717, 1.165) is 42.7 Å². The smallest absolute Gasteiger partial charge is 0.283 e. The molecule has 0 saturated heterocycles. The van der Waals surface area contributed by atoms with Crippen LogP contribution in [-0.4, -0.2) is 51.2 Å². The number of para-hydroxylation sites is 2. The van der Waals surface area contributed by atoms with Gasteiger partial charge >= 0.3 is 0 Å². The molecule has 3 aromatic carbocycles. The molecule has 1 aliphatic rings. The summed E-state index contributed by atoms with van der Waals surface area (Å²) in [5.41, 5.74) is 6.39. The van der Waals surface area contributed by atoms with Crippen molar-refractivity contribution in [3.63, 3.8) is 0 Å². The van der Waals surface area contributed by atoms with Crippen molar-refractivity contribution in [1.29, 1.82) is 0 Å². The van der Waals surface area contributed by atoms with Crippen LogP contribution in [0.4, 0.5) is 5.69 Å². The van der Waals surface area contributed by atoms with Crippen LogP contribution in [0.25, 0.3) is 39.2 Å². The lowest BCUT2D eigenvalue weighted by molar-refractivity contribution is -0.141. The SMILES string of the molecule is CC1=NN(C(=O)Cn2c3ccc(Br)cc3c3nc4ccccc4nc32)C(=O)/C1=C/c1ccc(N(C)C)cc1. The van der Waals surface area contributed by atoms with E-state index in [1.807, 2.05) is 85.7 Å². The Kier molecular flexibility index (Phi) is 5.80. The van der Waals surface area contributed by atoms with Crippen LogP contribution in [-0.2, 0) is 16.1 Å². The number of aromatic nitrogens is 3. The van der Waals surface area contributed by atoms with E-state index in [4.69, 9.17) is 9.97 Å². The second kappa shape index (κ2) is 9.18. The second-order valence-corrected chi connectivity index (χ2v) is 10.3. The van der Waals surface area contributed by atoms with Crippen molar-refractivity contribution in [3.8, 4) is 0 Å². The van der Waals surface area contributed by atoms with Crippen molar-refractivity contribution in [2.75, 3.05) is 19.0 Å². The molecule has 3 heterocycles. The first-order valence-corrected chi connectivity index (χ1v) is 12.9. The number of hydrogen-bond acceptors (Lipinski definition) is 6. The molecule has 0 fully saturated rings. The van der Waals surface area contributed by atoms with Gasteiger partial charge < -0.3 is 9.47 Å². The zero-order valence-electron chi connectivity index (χ0n) is 21.0. The van der Waals surface area contributed by atoms with E-state index in [9.17, 15) is 9.59 Å². The van der Waals surface area contributed by atoms with E-state index in [1.54, 1.807) is 17.6 Å². The number of nitrogens with zero attached hydrogens (tertiary/aromatic N) is 6. The number of halogens is 1. The van der Waals surface area contributed by atoms with E-state index < -0.39 is 11.8 Å². The lowest BCUT2D eigenvalue weighted by Gasteiger charge is -2.13. The summed E-state index contributed by atoms with van der Waals surface area (Å²) < 4.78 is 2.70. The molecule has 1 aliphatic heterocycles. The maximum atomic E-state index is 13.5. The lowest BCUT2D eigenvalue weighted by Crippen LogP contribution is -2.32. The molecule has 0 bridgehead atoms. The van der Waals surface area contributed by atoms with Gasteiger partial charge in [0.2, 0.25) is 0 Å². The van der Waals surface area contributed by atoms with Gasteiger partial charge in [-0.1, -0.05) is 40.2 Å². The van der Waals surface area contributed by atoms with Gasteiger partial charge in [0.15, 0.2) is 5.65 Å². The molecule has 2 amide bonds. The molecule has 0 unspecified atom stereocenters. The maximum Gasteiger partial charge on any atom is 0.283 e. The summed E-state index contributed by atoms with van der Waals surface area (Å²) in [7, 11) is 3.94. The number of rotatable bonds is 4. The third-order valence-electron chi connectivity index (χ3n) is 6.62. The molecule has 0 saturated carbocycles. The van der Waals surface area contributed by atoms with Gasteiger partial charge in [-0.3, -0.25) is 9.59 Å². The number of hydrogen-bond donors (Lipinski definition) is 0. The van der Waals surface area contributed by atoms with E-state index >= 15 is 0 Å². The van der Waals surface area contributed by atoms with E-state index in [-0.39, 0.29) is 6.54 Å². The predicted molar refractivity (Wildman–Crippen MR) is 154 cm³/mol. The van der Waals surface area contributed by atoms with Gasteiger partial charge in [0.05, 0.1) is 27.8 Å². The highest BCUT2D eigenvalue weighted by atomic mass is 79.9. The largest absolute Gasteiger partial charge is 0.378 e. The Bertz CT molecular complexity index is 1840. The first kappa shape index (κ1) is 24.0. The first-order chi connectivity index (χ1) is 18.3. The van der Waals surface area contributed by atoms with Crippen molar-refractivity contribution in [2.45, 2.75) is 13.5 Å². The molecule has 8 nitrogen and oxygen atoms in total. The molecule has 0 aliphatic carbocycles. The quantitative estimate of drug-likeness (QED) is 0.272. The maximum absolute atomic E-state index is 13.5. The van der Waals surface area contributed by atoms with E-state index in [1.165, 1.54) is 0 Å². The standard InChI is InChI=1S/C29H23BrN6O2/c1-17-21(14-18-8-11-20(12-9-18)34(2)3)29(38)36(33-17)26(37)16-35-25-13-10-19(30)15-22(25)27-28(35)32-24-7-5-4-6-23(24)31-27/h4-15H,16H2,1-3H3/b21-14+. The number of benzene rings is 3. The summed E-state index contributed by atoms with van der Waals surface area (Å²) in [5.74, 6) is -0.887. The van der Waals surface area contributed by atoms with Crippen molar-refractivity contribution < 1.29 is 9.59 Å². The van der Waals surface area contributed by atoms with Crippen LogP contribution in [0, 0.1) is 0 Å². The minimum absolute atomic E-state index is 0.109. The zero-order valence-corrected chi connectivity index (χ0v) is 22.6. The third-order valence-corrected chi connectivity index (χ3v) is 7.12. The Morgan fingerprint density at radius 1 is 1.00 bits per heavy atom. The van der Waals surface area contributed by atoms with E-state index in [0.29, 0.717) is 22.4 Å². The van der Waals surface area contributed by atoms with Gasteiger partial charge in [-0.05, 0) is 61.0 Å². The number of imide groups is 1. The lowest BCUT2D eigenvalue weighted by atomic mass is 10.1. The molecular weight excluding hydrogens is 544 g/mol. The Labute approximate surface area is 227 Å². The highest BCUT2D eigenvalue weighted by Crippen LogP contribution is 2.31. The average molecular weight is 567 g/mol. The van der Waals surface area contributed by atoms with Crippen LogP contribution in [0.5, 0.6) is 0 Å². The predicted octanol–water partition coefficient (Wildman–Crippen LogP) is 5.39. The van der Waals surface area contributed by atoms with Crippen LogP contribution in [0.3, 0.4) is 0 Å². The van der Waals surface area contributed by atoms with Crippen LogP contribution < -0.4 is 4.90 Å². The highest BCUT2D eigenvalue weighted by Gasteiger charge is 2.33. The highest BCUT2D eigenvalue weighted by molar-refractivity contribution is 9.10. The van der Waals surface area contributed by atoms with Crippen LogP contribution in [0.15, 0.2) is 81.9 Å². The van der Waals surface area contributed by atoms with Crippen LogP contribution in [0.2, 0.25) is 0 Å². The monoisotopic (exact) mass is 566 g/mol. The van der Waals surface area contributed by atoms with E-state index in [2.05, 4.69) is 21.0 Å². The number of fused-ring (bicyclic) bond motifs is 4. The Morgan fingerprint density at radius 3 is 2.42 bits per heavy atom. The van der Waals surface area contributed by atoms with Crippen LogP contribution >= 0.6 is 15.9 Å². The fourth-order valence-electron chi connectivity index (χ4n) is 4.66. The summed E-state index contributed by atoms with van der Waals surface area (Å²) in [6, 6.07) is 21.3. The molecule has 9 heteroatoms. The van der Waals surface area contributed by atoms with Crippen molar-refractivity contribution in [1.82, 2.24) is 19.5 Å². The first-order valence-electron chi connectivity index (χ1n) is 12.1. The molecule has 0 radical (unpaired) electrons. The number of carbonyl (C=O) groups is 2. The Morgan fingerprint density at radius 2 is 1.71 bits per heavy atom. The normalized spacial score (nSPS) is 14.7. The number of amides is 2. The van der Waals surface area contributed by atoms with Gasteiger partial charge in [0, 0.05) is 29.6 Å². The molecule has 5 aromatic rings. The average Bonchev–Trinajstić information content (AvgIpc) is 3.35. The summed E-state index contributed by atoms with van der Waals surface area (Å²) in [5, 5.41) is 6.14. The minimum Gasteiger partial charge on any atom is -0.378 e. The van der Waals surface area contributed by atoms with Crippen molar-refractivity contribution >= 4 is 78.3 Å². The fraction of sp³-hybridized carbons (Fsp3) is 0.138. The van der Waals surface area contributed by atoms with Crippen molar-refractivity contribution in [2.24, 2.45) is 5.10 Å². The second-order valence-electron chi connectivity index (χ2n) is 9.37. The molecule has 188 valence electrons. The molecule has 2 aromatic heterocycles. The third kappa shape index (κ3) is 4.05. The molecular formula is C29H23BrN6O2. The number of carbonyl (C=O) groups excluding carboxylic acids is 2. The van der Waals surface area contributed by atoms with Crippen LogP contribution in [0.1, 0.15) is 12.5 Å². The van der Waals surface area contributed by atoms with Gasteiger partial charge in [-0.25, -0.2) is 9.97 Å². The molecule has 0 spiro atoms. The van der Waals surface area contributed by atoms with Gasteiger partial charge in [-0.15, -0.1) is 0 Å². The summed E-state index contributed by atoms with van der Waals surface area (Å²) in [6.45, 7) is 1.63. The number of anilines is 1. The fourth-order valence-corrected chi connectivity index (χ4v) is 5.02. The summed E-state index contributed by atoms with van der Waals surface area (Å²) >= 11 is 3.54. The Hall–Kier alpha value is -4.37.